The van der Waals surface area contributed by atoms with Crippen LogP contribution in [-0.4, -0.2) is 11.7 Å². The highest BCUT2D eigenvalue weighted by Crippen LogP contribution is 2.45. The van der Waals surface area contributed by atoms with Crippen molar-refractivity contribution in [1.29, 1.82) is 0 Å². The highest BCUT2D eigenvalue weighted by Gasteiger charge is 2.38. The minimum absolute atomic E-state index is 0.444. The van der Waals surface area contributed by atoms with Gasteiger partial charge in [-0.3, -0.25) is 4.72 Å². The van der Waals surface area contributed by atoms with Crippen LogP contribution in [0.5, 0.6) is 0 Å². The van der Waals surface area contributed by atoms with E-state index in [1.165, 1.54) is 23.3 Å². The lowest BCUT2D eigenvalue weighted by molar-refractivity contribution is 0.0826. The quantitative estimate of drug-likeness (QED) is 0.782. The molecule has 1 aliphatic rings. The number of aliphatic hydroxyl groups is 1. The highest BCUT2D eigenvalue weighted by molar-refractivity contribution is 7.99. The minimum Gasteiger partial charge on any atom is -0.379 e. The van der Waals surface area contributed by atoms with Crippen molar-refractivity contribution in [3.05, 3.63) is 50.8 Å². The highest BCUT2D eigenvalue weighted by atomic mass is 35.5. The van der Waals surface area contributed by atoms with Gasteiger partial charge in [-0.05, 0) is 35.7 Å². The Morgan fingerprint density at radius 3 is 2.67 bits per heavy atom. The summed E-state index contributed by atoms with van der Waals surface area (Å²) in [6.45, 7) is 0.444. The zero-order valence-electron chi connectivity index (χ0n) is 9.11. The summed E-state index contributed by atoms with van der Waals surface area (Å²) in [5, 5.41) is 11.6. The SMILES string of the molecule is OC1(c2ccc(Cl)cc2)CNSc2sc(Cl)cc21. The van der Waals surface area contributed by atoms with Crippen molar-refractivity contribution in [2.75, 3.05) is 6.54 Å². The molecule has 0 fully saturated rings. The van der Waals surface area contributed by atoms with Crippen LogP contribution in [0.25, 0.3) is 0 Å². The van der Waals surface area contributed by atoms with Gasteiger partial charge in [0.1, 0.15) is 5.60 Å². The second kappa shape index (κ2) is 4.71. The lowest BCUT2D eigenvalue weighted by atomic mass is 9.88. The Labute approximate surface area is 123 Å². The molecule has 0 bridgehead atoms. The molecule has 1 aliphatic heterocycles. The fourth-order valence-corrected chi connectivity index (χ4v) is 4.65. The lowest BCUT2D eigenvalue weighted by Crippen LogP contribution is -2.39. The van der Waals surface area contributed by atoms with Gasteiger partial charge in [0.15, 0.2) is 0 Å². The molecule has 1 unspecified atom stereocenters. The molecule has 6 heteroatoms. The molecule has 94 valence electrons. The van der Waals surface area contributed by atoms with Gasteiger partial charge in [0.05, 0.1) is 8.55 Å². The Morgan fingerprint density at radius 2 is 1.94 bits per heavy atom. The van der Waals surface area contributed by atoms with Crippen LogP contribution < -0.4 is 4.72 Å². The molecule has 0 amide bonds. The van der Waals surface area contributed by atoms with Crippen LogP contribution >= 0.6 is 46.5 Å². The molecule has 0 saturated carbocycles. The number of nitrogens with one attached hydrogen (secondary N) is 1. The smallest absolute Gasteiger partial charge is 0.130 e. The summed E-state index contributed by atoms with van der Waals surface area (Å²) >= 11 is 14.9. The molecule has 1 aromatic carbocycles. The lowest BCUT2D eigenvalue weighted by Gasteiger charge is -2.32. The average molecular weight is 318 g/mol. The summed E-state index contributed by atoms with van der Waals surface area (Å²) < 4.78 is 4.83. The van der Waals surface area contributed by atoms with E-state index in [9.17, 15) is 5.11 Å². The van der Waals surface area contributed by atoms with Gasteiger partial charge < -0.3 is 5.11 Å². The average Bonchev–Trinajstić information content (AvgIpc) is 2.72. The van der Waals surface area contributed by atoms with Crippen molar-refractivity contribution >= 4 is 46.5 Å². The maximum Gasteiger partial charge on any atom is 0.130 e. The number of β-amino-alcohol motifs (C(OH)–C–C–N with tert-alkyl or cyclic N) is 1. The van der Waals surface area contributed by atoms with Crippen molar-refractivity contribution in [3.63, 3.8) is 0 Å². The van der Waals surface area contributed by atoms with Crippen LogP contribution in [0.3, 0.4) is 0 Å². The number of hydrogen-bond donors (Lipinski definition) is 2. The van der Waals surface area contributed by atoms with Gasteiger partial charge in [0, 0.05) is 17.1 Å². The number of hydrogen-bond acceptors (Lipinski definition) is 4. The fourth-order valence-electron chi connectivity index (χ4n) is 1.99. The summed E-state index contributed by atoms with van der Waals surface area (Å²) in [4.78, 5) is 0. The van der Waals surface area contributed by atoms with E-state index in [-0.39, 0.29) is 0 Å². The molecule has 3 rings (SSSR count). The van der Waals surface area contributed by atoms with Crippen LogP contribution in [0.2, 0.25) is 9.36 Å². The summed E-state index contributed by atoms with van der Waals surface area (Å²) in [6.07, 6.45) is 0. The maximum atomic E-state index is 10.9. The maximum absolute atomic E-state index is 10.9. The van der Waals surface area contributed by atoms with E-state index in [1.54, 1.807) is 12.1 Å². The molecule has 0 aliphatic carbocycles. The molecule has 0 radical (unpaired) electrons. The molecular weight excluding hydrogens is 309 g/mol. The predicted octanol–water partition coefficient (Wildman–Crippen LogP) is 3.90. The van der Waals surface area contributed by atoms with E-state index in [2.05, 4.69) is 4.72 Å². The predicted molar refractivity (Wildman–Crippen MR) is 77.6 cm³/mol. The van der Waals surface area contributed by atoms with Gasteiger partial charge >= 0.3 is 0 Å². The second-order valence-electron chi connectivity index (χ2n) is 4.04. The first kappa shape index (κ1) is 12.8. The van der Waals surface area contributed by atoms with Crippen molar-refractivity contribution in [2.45, 2.75) is 9.81 Å². The molecule has 2 nitrogen and oxygen atoms in total. The van der Waals surface area contributed by atoms with Crippen LogP contribution in [0.1, 0.15) is 11.1 Å². The Bertz CT molecular complexity index is 584. The summed E-state index contributed by atoms with van der Waals surface area (Å²) in [5.41, 5.74) is 0.633. The molecule has 18 heavy (non-hydrogen) atoms. The van der Waals surface area contributed by atoms with Gasteiger partial charge in [-0.1, -0.05) is 35.3 Å². The van der Waals surface area contributed by atoms with Gasteiger partial charge in [-0.25, -0.2) is 0 Å². The molecule has 2 heterocycles. The van der Waals surface area contributed by atoms with Crippen molar-refractivity contribution < 1.29 is 5.11 Å². The third-order valence-electron chi connectivity index (χ3n) is 2.93. The largest absolute Gasteiger partial charge is 0.379 e. The number of thiophene rings is 1. The number of rotatable bonds is 1. The zero-order valence-corrected chi connectivity index (χ0v) is 12.3. The van der Waals surface area contributed by atoms with Crippen LogP contribution in [0.15, 0.2) is 34.5 Å². The molecule has 1 atom stereocenters. The molecule has 0 spiro atoms. The molecule has 2 N–H and O–H groups in total. The van der Waals surface area contributed by atoms with Crippen molar-refractivity contribution in [3.8, 4) is 0 Å². The Kier molecular flexibility index (Phi) is 3.34. The van der Waals surface area contributed by atoms with Crippen LogP contribution in [0, 0.1) is 0 Å². The number of fused-ring (bicyclic) bond motifs is 1. The topological polar surface area (TPSA) is 32.3 Å². The Hall–Kier alpha value is -0.230. The van der Waals surface area contributed by atoms with Gasteiger partial charge in [-0.15, -0.1) is 11.3 Å². The van der Waals surface area contributed by atoms with E-state index < -0.39 is 5.60 Å². The normalized spacial score (nSPS) is 22.8. The second-order valence-corrected chi connectivity index (χ2v) is 7.32. The zero-order chi connectivity index (χ0) is 12.8. The summed E-state index contributed by atoms with van der Waals surface area (Å²) in [5.74, 6) is 0. The fraction of sp³-hybridized carbons (Fsp3) is 0.167. The monoisotopic (exact) mass is 317 g/mol. The summed E-state index contributed by atoms with van der Waals surface area (Å²) in [6, 6.07) is 9.09. The standard InChI is InChI=1S/C12H9Cl2NOS2/c13-8-3-1-7(2-4-8)12(16)6-15-18-11-9(12)5-10(14)17-11/h1-5,15-16H,6H2. The third-order valence-corrected chi connectivity index (χ3v) is 5.43. The number of halogens is 2. The number of benzene rings is 1. The van der Waals surface area contributed by atoms with Crippen molar-refractivity contribution in [2.24, 2.45) is 0 Å². The minimum atomic E-state index is -1.05. The first-order valence-corrected chi connectivity index (χ1v) is 7.66. The third kappa shape index (κ3) is 2.07. The first-order valence-electron chi connectivity index (χ1n) is 5.27. The molecule has 0 saturated heterocycles. The Balaban J connectivity index is 2.12. The van der Waals surface area contributed by atoms with E-state index in [0.29, 0.717) is 15.9 Å². The molecule has 1 aromatic heterocycles. The van der Waals surface area contributed by atoms with Crippen LogP contribution in [-0.2, 0) is 5.60 Å². The first-order chi connectivity index (χ1) is 8.59. The molecular formula is C12H9Cl2NOS2. The van der Waals surface area contributed by atoms with Gasteiger partial charge in [0.25, 0.3) is 0 Å². The van der Waals surface area contributed by atoms with Crippen LogP contribution in [0.4, 0.5) is 0 Å². The molecule has 2 aromatic rings. The van der Waals surface area contributed by atoms with Gasteiger partial charge in [-0.2, -0.15) is 0 Å². The van der Waals surface area contributed by atoms with Gasteiger partial charge in [0.2, 0.25) is 0 Å². The Morgan fingerprint density at radius 1 is 1.22 bits per heavy atom. The van der Waals surface area contributed by atoms with E-state index in [1.807, 2.05) is 18.2 Å². The van der Waals surface area contributed by atoms with E-state index in [4.69, 9.17) is 23.2 Å². The van der Waals surface area contributed by atoms with E-state index in [0.717, 1.165) is 15.3 Å². The van der Waals surface area contributed by atoms with E-state index >= 15 is 0 Å². The van der Waals surface area contributed by atoms with Crippen molar-refractivity contribution in [1.82, 2.24) is 4.72 Å². The summed E-state index contributed by atoms with van der Waals surface area (Å²) in [7, 11) is 0.